The molecule has 1 aromatic heterocycles. The summed E-state index contributed by atoms with van der Waals surface area (Å²) in [5.74, 6) is 0.356. The molecule has 0 aliphatic heterocycles. The lowest BCUT2D eigenvalue weighted by molar-refractivity contribution is 0.102. The van der Waals surface area contributed by atoms with Gasteiger partial charge < -0.3 is 10.1 Å². The van der Waals surface area contributed by atoms with Crippen LogP contribution in [0.25, 0.3) is 0 Å². The van der Waals surface area contributed by atoms with E-state index in [9.17, 15) is 4.79 Å². The quantitative estimate of drug-likeness (QED) is 0.757. The molecule has 1 amide bonds. The minimum Gasteiger partial charge on any atom is -0.489 e. The smallest absolute Gasteiger partial charge is 0.274 e. The minimum absolute atomic E-state index is 0.271. The van der Waals surface area contributed by atoms with Crippen LogP contribution in [0.4, 0.5) is 5.69 Å². The Kier molecular flexibility index (Phi) is 5.25. The molecular formula is C21H17N3O2. The number of ether oxygens (including phenoxy) is 1. The number of nitrogens with zero attached hydrogens (tertiary/aromatic N) is 2. The fourth-order valence-corrected chi connectivity index (χ4v) is 2.43. The number of benzene rings is 2. The number of pyridine rings is 1. The highest BCUT2D eigenvalue weighted by Crippen LogP contribution is 2.19. The van der Waals surface area contributed by atoms with Crippen LogP contribution >= 0.6 is 0 Å². The maximum Gasteiger partial charge on any atom is 0.274 e. The van der Waals surface area contributed by atoms with Crippen LogP contribution in [-0.4, -0.2) is 10.9 Å². The van der Waals surface area contributed by atoms with Crippen molar-refractivity contribution < 1.29 is 9.53 Å². The van der Waals surface area contributed by atoms with Crippen molar-refractivity contribution in [1.82, 2.24) is 4.98 Å². The molecule has 1 heterocycles. The zero-order valence-electron chi connectivity index (χ0n) is 14.3. The molecule has 0 unspecified atom stereocenters. The first kappa shape index (κ1) is 17.2. The number of hydrogen-bond acceptors (Lipinski definition) is 4. The Morgan fingerprint density at radius 3 is 2.73 bits per heavy atom. The first-order valence-corrected chi connectivity index (χ1v) is 8.11. The number of rotatable bonds is 5. The Morgan fingerprint density at radius 1 is 1.12 bits per heavy atom. The van der Waals surface area contributed by atoms with Crippen LogP contribution in [0.1, 0.15) is 27.3 Å². The second-order valence-electron chi connectivity index (χ2n) is 5.75. The van der Waals surface area contributed by atoms with E-state index in [-0.39, 0.29) is 5.91 Å². The van der Waals surface area contributed by atoms with Crippen LogP contribution in [-0.2, 0) is 6.61 Å². The van der Waals surface area contributed by atoms with Gasteiger partial charge in [-0.1, -0.05) is 24.3 Å². The molecule has 0 aliphatic carbocycles. The number of anilines is 1. The minimum atomic E-state index is -0.271. The molecule has 0 saturated heterocycles. The number of aryl methyl sites for hydroxylation is 1. The number of carbonyl (C=O) groups is 1. The van der Waals surface area contributed by atoms with Crippen molar-refractivity contribution in [2.75, 3.05) is 5.32 Å². The maximum absolute atomic E-state index is 12.3. The molecule has 0 atom stereocenters. The third kappa shape index (κ3) is 4.46. The van der Waals surface area contributed by atoms with E-state index in [0.29, 0.717) is 29.3 Å². The Hall–Kier alpha value is -3.65. The SMILES string of the molecule is Cc1cccc(C(=O)Nc2cccc(OCc3cccc(C#N)c3)c2)n1. The van der Waals surface area contributed by atoms with Gasteiger partial charge in [-0.2, -0.15) is 5.26 Å². The molecule has 0 bridgehead atoms. The summed E-state index contributed by atoms with van der Waals surface area (Å²) in [5, 5.41) is 11.8. The van der Waals surface area contributed by atoms with Gasteiger partial charge in [0.2, 0.25) is 0 Å². The summed E-state index contributed by atoms with van der Waals surface area (Å²) in [6.07, 6.45) is 0. The standard InChI is InChI=1S/C21H17N3O2/c1-15-5-2-10-20(23-15)21(25)24-18-8-4-9-19(12-18)26-14-17-7-3-6-16(11-17)13-22/h2-12H,14H2,1H3,(H,24,25). The molecule has 128 valence electrons. The van der Waals surface area contributed by atoms with E-state index < -0.39 is 0 Å². The lowest BCUT2D eigenvalue weighted by Crippen LogP contribution is -2.14. The van der Waals surface area contributed by atoms with Crippen molar-refractivity contribution in [1.29, 1.82) is 5.26 Å². The van der Waals surface area contributed by atoms with Gasteiger partial charge in [0.25, 0.3) is 5.91 Å². The monoisotopic (exact) mass is 343 g/mol. The highest BCUT2D eigenvalue weighted by Gasteiger charge is 2.08. The first-order chi connectivity index (χ1) is 12.6. The molecule has 0 fully saturated rings. The largest absolute Gasteiger partial charge is 0.489 e. The molecule has 3 rings (SSSR count). The van der Waals surface area contributed by atoms with Crippen LogP contribution in [0.15, 0.2) is 66.7 Å². The van der Waals surface area contributed by atoms with Gasteiger partial charge in [0.05, 0.1) is 11.6 Å². The average Bonchev–Trinajstić information content (AvgIpc) is 2.67. The summed E-state index contributed by atoms with van der Waals surface area (Å²) in [7, 11) is 0. The summed E-state index contributed by atoms with van der Waals surface area (Å²) >= 11 is 0. The van der Waals surface area contributed by atoms with Crippen LogP contribution in [0, 0.1) is 18.3 Å². The van der Waals surface area contributed by atoms with E-state index >= 15 is 0 Å². The Balaban J connectivity index is 1.66. The highest BCUT2D eigenvalue weighted by molar-refractivity contribution is 6.02. The van der Waals surface area contributed by atoms with Crippen molar-refractivity contribution >= 4 is 11.6 Å². The summed E-state index contributed by atoms with van der Waals surface area (Å²) in [6, 6.07) is 21.8. The second-order valence-corrected chi connectivity index (χ2v) is 5.75. The van der Waals surface area contributed by atoms with Gasteiger partial charge in [-0.25, -0.2) is 4.98 Å². The van der Waals surface area contributed by atoms with E-state index in [4.69, 9.17) is 10.00 Å². The van der Waals surface area contributed by atoms with Gasteiger partial charge in [0, 0.05) is 17.4 Å². The number of aromatic nitrogens is 1. The van der Waals surface area contributed by atoms with E-state index in [2.05, 4.69) is 16.4 Å². The summed E-state index contributed by atoms with van der Waals surface area (Å²) in [4.78, 5) is 16.5. The molecule has 0 saturated carbocycles. The number of amides is 1. The van der Waals surface area contributed by atoms with Crippen LogP contribution < -0.4 is 10.1 Å². The molecule has 0 radical (unpaired) electrons. The molecule has 0 aliphatic rings. The fourth-order valence-electron chi connectivity index (χ4n) is 2.43. The molecule has 5 heteroatoms. The number of hydrogen-bond donors (Lipinski definition) is 1. The van der Waals surface area contributed by atoms with E-state index in [1.807, 2.05) is 31.2 Å². The predicted octanol–water partition coefficient (Wildman–Crippen LogP) is 4.09. The van der Waals surface area contributed by atoms with Gasteiger partial charge in [-0.3, -0.25) is 4.79 Å². The van der Waals surface area contributed by atoms with Crippen LogP contribution in [0.3, 0.4) is 0 Å². The average molecular weight is 343 g/mol. The molecule has 2 aromatic carbocycles. The third-order valence-electron chi connectivity index (χ3n) is 3.67. The third-order valence-corrected chi connectivity index (χ3v) is 3.67. The van der Waals surface area contributed by atoms with Crippen molar-refractivity contribution in [2.24, 2.45) is 0 Å². The maximum atomic E-state index is 12.3. The molecule has 5 nitrogen and oxygen atoms in total. The van der Waals surface area contributed by atoms with E-state index in [1.165, 1.54) is 0 Å². The molecular weight excluding hydrogens is 326 g/mol. The fraction of sp³-hybridized carbons (Fsp3) is 0.0952. The lowest BCUT2D eigenvalue weighted by Gasteiger charge is -2.09. The van der Waals surface area contributed by atoms with Crippen LogP contribution in [0.2, 0.25) is 0 Å². The zero-order valence-corrected chi connectivity index (χ0v) is 14.3. The first-order valence-electron chi connectivity index (χ1n) is 8.11. The van der Waals surface area contributed by atoms with Crippen LogP contribution in [0.5, 0.6) is 5.75 Å². The number of carbonyl (C=O) groups excluding carboxylic acids is 1. The topological polar surface area (TPSA) is 75.0 Å². The molecule has 1 N–H and O–H groups in total. The van der Waals surface area contributed by atoms with E-state index in [0.717, 1.165) is 11.3 Å². The number of nitriles is 1. The predicted molar refractivity (Wildman–Crippen MR) is 98.9 cm³/mol. The Bertz CT molecular complexity index is 977. The summed E-state index contributed by atoms with van der Waals surface area (Å²) in [6.45, 7) is 2.18. The molecule has 3 aromatic rings. The van der Waals surface area contributed by atoms with Gasteiger partial charge in [0.15, 0.2) is 0 Å². The van der Waals surface area contributed by atoms with Gasteiger partial charge in [-0.05, 0) is 48.9 Å². The van der Waals surface area contributed by atoms with E-state index in [1.54, 1.807) is 42.5 Å². The van der Waals surface area contributed by atoms with Gasteiger partial charge in [0.1, 0.15) is 18.1 Å². The molecule has 26 heavy (non-hydrogen) atoms. The Labute approximate surface area is 151 Å². The highest BCUT2D eigenvalue weighted by atomic mass is 16.5. The second kappa shape index (κ2) is 7.95. The summed E-state index contributed by atoms with van der Waals surface area (Å²) in [5.41, 5.74) is 3.28. The normalized spacial score (nSPS) is 10.0. The number of nitrogens with one attached hydrogen (secondary N) is 1. The zero-order chi connectivity index (χ0) is 18.4. The Morgan fingerprint density at radius 2 is 1.92 bits per heavy atom. The summed E-state index contributed by atoms with van der Waals surface area (Å²) < 4.78 is 5.76. The van der Waals surface area contributed by atoms with Crippen molar-refractivity contribution in [3.05, 3.63) is 89.2 Å². The molecule has 0 spiro atoms. The lowest BCUT2D eigenvalue weighted by atomic mass is 10.1. The van der Waals surface area contributed by atoms with Gasteiger partial charge in [-0.15, -0.1) is 0 Å². The van der Waals surface area contributed by atoms with Crippen molar-refractivity contribution in [3.63, 3.8) is 0 Å². The van der Waals surface area contributed by atoms with Crippen molar-refractivity contribution in [2.45, 2.75) is 13.5 Å². The van der Waals surface area contributed by atoms with Gasteiger partial charge >= 0.3 is 0 Å². The van der Waals surface area contributed by atoms with Crippen molar-refractivity contribution in [3.8, 4) is 11.8 Å².